The number of ether oxygens (including phenoxy) is 1. The minimum Gasteiger partial charge on any atom is -0.378 e. The predicted octanol–water partition coefficient (Wildman–Crippen LogP) is 4.76. The lowest BCUT2D eigenvalue weighted by atomic mass is 10.0. The minimum atomic E-state index is -0.0839. The van der Waals surface area contributed by atoms with Gasteiger partial charge in [-0.25, -0.2) is 4.79 Å². The molecule has 1 aromatic carbocycles. The smallest absolute Gasteiger partial charge is 0.321 e. The van der Waals surface area contributed by atoms with E-state index in [0.717, 1.165) is 50.9 Å². The zero-order valence-corrected chi connectivity index (χ0v) is 18.7. The van der Waals surface area contributed by atoms with E-state index in [-0.39, 0.29) is 18.0 Å². The van der Waals surface area contributed by atoms with Gasteiger partial charge in [0.1, 0.15) is 0 Å². The molecule has 3 amide bonds. The number of carbonyl (C=O) groups is 2. The molecule has 2 aliphatic heterocycles. The number of piperidine rings is 2. The lowest BCUT2D eigenvalue weighted by Crippen LogP contribution is -2.43. The summed E-state index contributed by atoms with van der Waals surface area (Å²) >= 11 is 0. The molecule has 0 radical (unpaired) electrons. The van der Waals surface area contributed by atoms with E-state index in [2.05, 4.69) is 26.1 Å². The summed E-state index contributed by atoms with van der Waals surface area (Å²) in [6.07, 6.45) is 6.44. The summed E-state index contributed by atoms with van der Waals surface area (Å²) in [6, 6.07) is 7.48. The van der Waals surface area contributed by atoms with Crippen molar-refractivity contribution in [1.82, 2.24) is 9.80 Å². The number of carbonyl (C=O) groups excluding carboxylic acids is 2. The SMILES string of the molecule is CC(C)CCOC1CCN(C(=O)Nc2ccc(C(=O)N3CCCCC3C)cc2)CC1. The number of anilines is 1. The van der Waals surface area contributed by atoms with Gasteiger partial charge in [0, 0.05) is 43.5 Å². The maximum atomic E-state index is 12.8. The van der Waals surface area contributed by atoms with Crippen LogP contribution < -0.4 is 5.32 Å². The van der Waals surface area contributed by atoms with Crippen LogP contribution in [0.5, 0.6) is 0 Å². The van der Waals surface area contributed by atoms with Gasteiger partial charge < -0.3 is 19.9 Å². The lowest BCUT2D eigenvalue weighted by Gasteiger charge is -2.33. The molecule has 6 nitrogen and oxygen atoms in total. The van der Waals surface area contributed by atoms with Gasteiger partial charge in [0.05, 0.1) is 6.10 Å². The first-order valence-corrected chi connectivity index (χ1v) is 11.5. The molecule has 0 saturated carbocycles. The molecule has 0 aromatic heterocycles. The van der Waals surface area contributed by atoms with Crippen LogP contribution in [0.15, 0.2) is 24.3 Å². The molecule has 3 rings (SSSR count). The van der Waals surface area contributed by atoms with E-state index >= 15 is 0 Å². The number of amides is 3. The van der Waals surface area contributed by atoms with Crippen LogP contribution in [0.25, 0.3) is 0 Å². The predicted molar refractivity (Wildman–Crippen MR) is 120 cm³/mol. The molecular weight excluding hydrogens is 378 g/mol. The number of likely N-dealkylation sites (tertiary alicyclic amines) is 2. The molecule has 1 N–H and O–H groups in total. The van der Waals surface area contributed by atoms with E-state index in [1.54, 1.807) is 0 Å². The molecule has 0 bridgehead atoms. The summed E-state index contributed by atoms with van der Waals surface area (Å²) in [6.45, 7) is 9.57. The Morgan fingerprint density at radius 2 is 1.77 bits per heavy atom. The van der Waals surface area contributed by atoms with Crippen molar-refractivity contribution in [3.05, 3.63) is 29.8 Å². The van der Waals surface area contributed by atoms with Crippen molar-refractivity contribution in [2.45, 2.75) is 71.4 Å². The Bertz CT molecular complexity index is 696. The molecule has 1 aromatic rings. The van der Waals surface area contributed by atoms with Crippen LogP contribution in [-0.2, 0) is 4.74 Å². The summed E-state index contributed by atoms with van der Waals surface area (Å²) in [5.41, 5.74) is 1.40. The van der Waals surface area contributed by atoms with Gasteiger partial charge in [-0.15, -0.1) is 0 Å². The molecule has 2 heterocycles. The maximum absolute atomic E-state index is 12.8. The normalized spacial score (nSPS) is 20.5. The summed E-state index contributed by atoms with van der Waals surface area (Å²) in [7, 11) is 0. The van der Waals surface area contributed by atoms with Gasteiger partial charge in [0.2, 0.25) is 0 Å². The van der Waals surface area contributed by atoms with Crippen molar-refractivity contribution in [3.8, 4) is 0 Å². The summed E-state index contributed by atoms with van der Waals surface area (Å²) < 4.78 is 5.94. The zero-order chi connectivity index (χ0) is 21.5. The molecule has 1 atom stereocenters. The third-order valence-corrected chi connectivity index (χ3v) is 6.22. The Balaban J connectivity index is 1.45. The van der Waals surface area contributed by atoms with Gasteiger partial charge in [0.25, 0.3) is 5.91 Å². The van der Waals surface area contributed by atoms with E-state index in [1.807, 2.05) is 34.1 Å². The first-order valence-electron chi connectivity index (χ1n) is 11.5. The van der Waals surface area contributed by atoms with Crippen LogP contribution in [-0.4, -0.2) is 60.1 Å². The Morgan fingerprint density at radius 1 is 1.07 bits per heavy atom. The first kappa shape index (κ1) is 22.6. The molecule has 2 fully saturated rings. The van der Waals surface area contributed by atoms with Crippen LogP contribution in [0.1, 0.15) is 69.7 Å². The highest BCUT2D eigenvalue weighted by molar-refractivity contribution is 5.95. The molecule has 6 heteroatoms. The summed E-state index contributed by atoms with van der Waals surface area (Å²) in [5.74, 6) is 0.736. The van der Waals surface area contributed by atoms with E-state index in [9.17, 15) is 9.59 Å². The minimum absolute atomic E-state index is 0.0830. The number of urea groups is 1. The second kappa shape index (κ2) is 10.8. The monoisotopic (exact) mass is 415 g/mol. The van der Waals surface area contributed by atoms with Gasteiger partial charge >= 0.3 is 6.03 Å². The number of hydrogen-bond acceptors (Lipinski definition) is 3. The lowest BCUT2D eigenvalue weighted by molar-refractivity contribution is 0.0112. The highest BCUT2D eigenvalue weighted by atomic mass is 16.5. The fourth-order valence-electron chi connectivity index (χ4n) is 4.16. The third kappa shape index (κ3) is 6.21. The summed E-state index contributed by atoms with van der Waals surface area (Å²) in [5, 5.41) is 2.96. The van der Waals surface area contributed by atoms with Crippen molar-refractivity contribution in [3.63, 3.8) is 0 Å². The Hall–Kier alpha value is -2.08. The Labute approximate surface area is 180 Å². The molecule has 2 saturated heterocycles. The standard InChI is InChI=1S/C24H37N3O3/c1-18(2)13-17-30-22-11-15-26(16-12-22)24(29)25-21-9-7-20(8-10-21)23(28)27-14-5-4-6-19(27)3/h7-10,18-19,22H,4-6,11-17H2,1-3H3,(H,25,29). The van der Waals surface area contributed by atoms with Crippen LogP contribution in [0.3, 0.4) is 0 Å². The second-order valence-electron chi connectivity index (χ2n) is 9.09. The fourth-order valence-corrected chi connectivity index (χ4v) is 4.16. The summed E-state index contributed by atoms with van der Waals surface area (Å²) in [4.78, 5) is 29.1. The second-order valence-corrected chi connectivity index (χ2v) is 9.09. The number of nitrogens with one attached hydrogen (secondary N) is 1. The largest absolute Gasteiger partial charge is 0.378 e. The van der Waals surface area contributed by atoms with Crippen molar-refractivity contribution in [2.75, 3.05) is 31.6 Å². The topological polar surface area (TPSA) is 61.9 Å². The molecular formula is C24H37N3O3. The molecule has 1 unspecified atom stereocenters. The highest BCUT2D eigenvalue weighted by Crippen LogP contribution is 2.21. The molecule has 0 spiro atoms. The van der Waals surface area contributed by atoms with Gasteiger partial charge in [-0.05, 0) is 75.6 Å². The van der Waals surface area contributed by atoms with Gasteiger partial charge in [0.15, 0.2) is 0 Å². The average Bonchev–Trinajstić information content (AvgIpc) is 2.74. The van der Waals surface area contributed by atoms with Gasteiger partial charge in [-0.3, -0.25) is 4.79 Å². The quantitative estimate of drug-likeness (QED) is 0.729. The average molecular weight is 416 g/mol. The zero-order valence-electron chi connectivity index (χ0n) is 18.7. The van der Waals surface area contributed by atoms with Gasteiger partial charge in [-0.1, -0.05) is 13.8 Å². The highest BCUT2D eigenvalue weighted by Gasteiger charge is 2.25. The third-order valence-electron chi connectivity index (χ3n) is 6.22. The molecule has 0 aliphatic carbocycles. The number of rotatable bonds is 6. The van der Waals surface area contributed by atoms with E-state index in [4.69, 9.17) is 4.74 Å². The van der Waals surface area contributed by atoms with Crippen molar-refractivity contribution >= 4 is 17.6 Å². The number of hydrogen-bond donors (Lipinski definition) is 1. The Kier molecular flexibility index (Phi) is 8.14. The van der Waals surface area contributed by atoms with Crippen LogP contribution >= 0.6 is 0 Å². The van der Waals surface area contributed by atoms with Crippen molar-refractivity contribution in [2.24, 2.45) is 5.92 Å². The molecule has 30 heavy (non-hydrogen) atoms. The Morgan fingerprint density at radius 3 is 2.40 bits per heavy atom. The van der Waals surface area contributed by atoms with Gasteiger partial charge in [-0.2, -0.15) is 0 Å². The van der Waals surface area contributed by atoms with E-state index in [0.29, 0.717) is 30.6 Å². The number of nitrogens with zero attached hydrogens (tertiary/aromatic N) is 2. The fraction of sp³-hybridized carbons (Fsp3) is 0.667. The van der Waals surface area contributed by atoms with Crippen molar-refractivity contribution in [1.29, 1.82) is 0 Å². The maximum Gasteiger partial charge on any atom is 0.321 e. The van der Waals surface area contributed by atoms with E-state index in [1.165, 1.54) is 6.42 Å². The van der Waals surface area contributed by atoms with Crippen molar-refractivity contribution < 1.29 is 14.3 Å². The van der Waals surface area contributed by atoms with E-state index < -0.39 is 0 Å². The van der Waals surface area contributed by atoms with Crippen LogP contribution in [0.2, 0.25) is 0 Å². The molecule has 2 aliphatic rings. The number of benzene rings is 1. The van der Waals surface area contributed by atoms with Crippen LogP contribution in [0.4, 0.5) is 10.5 Å². The first-order chi connectivity index (χ1) is 14.4. The van der Waals surface area contributed by atoms with Crippen LogP contribution in [0, 0.1) is 5.92 Å². The molecule has 166 valence electrons.